The molecule has 8 nitrogen and oxygen atoms in total. The second kappa shape index (κ2) is 10.2. The Bertz CT molecular complexity index is 1340. The van der Waals surface area contributed by atoms with E-state index in [9.17, 15) is 9.18 Å². The summed E-state index contributed by atoms with van der Waals surface area (Å²) in [6.45, 7) is 5.18. The van der Waals surface area contributed by atoms with Gasteiger partial charge in [0.05, 0.1) is 31.1 Å². The van der Waals surface area contributed by atoms with Crippen LogP contribution < -0.4 is 15.4 Å². The molecule has 6 rings (SSSR count). The van der Waals surface area contributed by atoms with Gasteiger partial charge in [0.15, 0.2) is 0 Å². The van der Waals surface area contributed by atoms with Gasteiger partial charge in [0.25, 0.3) is 5.91 Å². The van der Waals surface area contributed by atoms with E-state index in [0.29, 0.717) is 18.6 Å². The first-order valence-electron chi connectivity index (χ1n) is 13.0. The zero-order valence-corrected chi connectivity index (χ0v) is 21.2. The summed E-state index contributed by atoms with van der Waals surface area (Å²) in [5, 5.41) is 6.38. The zero-order chi connectivity index (χ0) is 26.1. The number of carbonyl (C=O) groups excluding carboxylic acids is 1. The van der Waals surface area contributed by atoms with Crippen LogP contribution in [0.4, 0.5) is 4.39 Å². The van der Waals surface area contributed by atoms with Crippen molar-refractivity contribution in [3.63, 3.8) is 0 Å². The first-order chi connectivity index (χ1) is 18.5. The fourth-order valence-electron chi connectivity index (χ4n) is 5.39. The van der Waals surface area contributed by atoms with E-state index in [4.69, 9.17) is 9.47 Å². The minimum absolute atomic E-state index is 0.0911. The summed E-state index contributed by atoms with van der Waals surface area (Å²) < 4.78 is 24.6. The van der Waals surface area contributed by atoms with Gasteiger partial charge in [0, 0.05) is 36.7 Å². The van der Waals surface area contributed by atoms with E-state index in [-0.39, 0.29) is 35.6 Å². The van der Waals surface area contributed by atoms with Crippen molar-refractivity contribution in [1.29, 1.82) is 0 Å². The summed E-state index contributed by atoms with van der Waals surface area (Å²) in [7, 11) is 0. The third kappa shape index (κ3) is 5.04. The summed E-state index contributed by atoms with van der Waals surface area (Å²) in [6, 6.07) is 12.8. The highest BCUT2D eigenvalue weighted by atomic mass is 19.1. The lowest BCUT2D eigenvalue weighted by atomic mass is 9.60. The number of nitrogens with zero attached hydrogens (tertiary/aromatic N) is 3. The molecule has 0 radical (unpaired) electrons. The van der Waals surface area contributed by atoms with Crippen LogP contribution in [0.25, 0.3) is 5.57 Å². The van der Waals surface area contributed by atoms with Gasteiger partial charge in [-0.1, -0.05) is 29.8 Å². The Labute approximate surface area is 220 Å². The van der Waals surface area contributed by atoms with Crippen LogP contribution in [0.1, 0.15) is 59.5 Å². The van der Waals surface area contributed by atoms with Crippen LogP contribution in [0.15, 0.2) is 60.4 Å². The SMILES string of the molecule is C[C@@H](NC(=O)c1ccnc(OC2CCOC2)n1)c1ccc(C(=C2CC3(CNC3)C2)c2ccc(F)cn2)cc1. The van der Waals surface area contributed by atoms with Crippen LogP contribution in [0, 0.1) is 11.2 Å². The smallest absolute Gasteiger partial charge is 0.317 e. The lowest BCUT2D eigenvalue weighted by molar-refractivity contribution is 0.0930. The number of rotatable bonds is 7. The Morgan fingerprint density at radius 2 is 1.95 bits per heavy atom. The third-order valence-electron chi connectivity index (χ3n) is 7.59. The molecule has 2 N–H and O–H groups in total. The highest BCUT2D eigenvalue weighted by Gasteiger charge is 2.46. The van der Waals surface area contributed by atoms with E-state index in [0.717, 1.165) is 54.7 Å². The summed E-state index contributed by atoms with van der Waals surface area (Å²) in [6.07, 6.45) is 5.54. The van der Waals surface area contributed by atoms with Gasteiger partial charge in [0.2, 0.25) is 0 Å². The molecule has 3 aromatic rings. The van der Waals surface area contributed by atoms with E-state index in [1.165, 1.54) is 24.0 Å². The van der Waals surface area contributed by atoms with E-state index >= 15 is 0 Å². The summed E-state index contributed by atoms with van der Waals surface area (Å²) in [5.41, 5.74) is 5.82. The van der Waals surface area contributed by atoms with Crippen LogP contribution in [0.2, 0.25) is 0 Å². The second-order valence-corrected chi connectivity index (χ2v) is 10.4. The second-order valence-electron chi connectivity index (χ2n) is 10.4. The van der Waals surface area contributed by atoms with Crippen molar-refractivity contribution in [2.75, 3.05) is 26.3 Å². The molecule has 38 heavy (non-hydrogen) atoms. The summed E-state index contributed by atoms with van der Waals surface area (Å²) in [5.74, 6) is -0.648. The molecule has 1 spiro atoms. The molecule has 1 aromatic carbocycles. The van der Waals surface area contributed by atoms with Crippen molar-refractivity contribution in [1.82, 2.24) is 25.6 Å². The topological polar surface area (TPSA) is 98.3 Å². The number of amides is 1. The highest BCUT2D eigenvalue weighted by Crippen LogP contribution is 2.51. The fourth-order valence-corrected chi connectivity index (χ4v) is 5.39. The average molecular weight is 516 g/mol. The molecular formula is C29H30FN5O3. The molecule has 196 valence electrons. The van der Waals surface area contributed by atoms with Gasteiger partial charge < -0.3 is 20.1 Å². The van der Waals surface area contributed by atoms with Crippen molar-refractivity contribution in [3.05, 3.63) is 88.8 Å². The Kier molecular flexibility index (Phi) is 6.63. The van der Waals surface area contributed by atoms with Crippen molar-refractivity contribution >= 4 is 11.5 Å². The number of hydrogen-bond donors (Lipinski definition) is 2. The van der Waals surface area contributed by atoms with Crippen LogP contribution in [0.3, 0.4) is 0 Å². The number of pyridine rings is 1. The zero-order valence-electron chi connectivity index (χ0n) is 21.2. The van der Waals surface area contributed by atoms with Crippen molar-refractivity contribution in [2.45, 2.75) is 38.3 Å². The molecule has 4 heterocycles. The van der Waals surface area contributed by atoms with Crippen LogP contribution in [-0.2, 0) is 4.74 Å². The normalized spacial score (nSPS) is 20.4. The van der Waals surface area contributed by atoms with Crippen molar-refractivity contribution < 1.29 is 18.7 Å². The monoisotopic (exact) mass is 515 g/mol. The molecule has 2 aromatic heterocycles. The van der Waals surface area contributed by atoms with Gasteiger partial charge in [-0.25, -0.2) is 9.37 Å². The first kappa shape index (κ1) is 24.6. The Hall–Kier alpha value is -3.69. The van der Waals surface area contributed by atoms with Crippen molar-refractivity contribution in [3.8, 4) is 6.01 Å². The molecular weight excluding hydrogens is 485 g/mol. The number of carbonyl (C=O) groups is 1. The van der Waals surface area contributed by atoms with Crippen LogP contribution >= 0.6 is 0 Å². The summed E-state index contributed by atoms with van der Waals surface area (Å²) >= 11 is 0. The highest BCUT2D eigenvalue weighted by molar-refractivity contribution is 5.92. The number of ether oxygens (including phenoxy) is 2. The van der Waals surface area contributed by atoms with Gasteiger partial charge in [-0.15, -0.1) is 0 Å². The predicted octanol–water partition coefficient (Wildman–Crippen LogP) is 3.85. The minimum atomic E-state index is -0.346. The molecule has 1 unspecified atom stereocenters. The van der Waals surface area contributed by atoms with E-state index in [1.807, 2.05) is 19.1 Å². The molecule has 2 atom stereocenters. The predicted molar refractivity (Wildman–Crippen MR) is 139 cm³/mol. The fraction of sp³-hybridized carbons (Fsp3) is 0.379. The molecule has 2 aliphatic heterocycles. The molecule has 1 saturated carbocycles. The van der Waals surface area contributed by atoms with Crippen LogP contribution in [0.5, 0.6) is 6.01 Å². The minimum Gasteiger partial charge on any atom is -0.458 e. The van der Waals surface area contributed by atoms with Gasteiger partial charge in [0.1, 0.15) is 17.6 Å². The van der Waals surface area contributed by atoms with E-state index in [2.05, 4.69) is 37.7 Å². The van der Waals surface area contributed by atoms with Gasteiger partial charge in [-0.05, 0) is 49.1 Å². The molecule has 3 fully saturated rings. The maximum atomic E-state index is 13.6. The number of allylic oxidation sites excluding steroid dienone is 1. The quantitative estimate of drug-likeness (QED) is 0.493. The molecule has 1 aliphatic carbocycles. The van der Waals surface area contributed by atoms with Gasteiger partial charge in [-0.3, -0.25) is 9.78 Å². The largest absolute Gasteiger partial charge is 0.458 e. The molecule has 3 aliphatic rings. The van der Waals surface area contributed by atoms with Crippen molar-refractivity contribution in [2.24, 2.45) is 5.41 Å². The number of halogens is 1. The van der Waals surface area contributed by atoms with E-state index < -0.39 is 0 Å². The maximum Gasteiger partial charge on any atom is 0.317 e. The lowest BCUT2D eigenvalue weighted by Crippen LogP contribution is -2.58. The Balaban J connectivity index is 1.16. The molecule has 1 amide bonds. The third-order valence-corrected chi connectivity index (χ3v) is 7.59. The molecule has 0 bridgehead atoms. The van der Waals surface area contributed by atoms with E-state index in [1.54, 1.807) is 12.1 Å². The number of nitrogens with one attached hydrogen (secondary N) is 2. The number of aromatic nitrogens is 3. The lowest BCUT2D eigenvalue weighted by Gasteiger charge is -2.52. The molecule has 2 saturated heterocycles. The van der Waals surface area contributed by atoms with Gasteiger partial charge >= 0.3 is 6.01 Å². The average Bonchev–Trinajstić information content (AvgIpc) is 3.39. The standard InChI is InChI=1S/C29H30FN5O3/c1-18(34-27(36)25-8-10-32-28(35-25)38-23-9-11-37-15-23)19-2-4-20(5-3-19)26(24-7-6-22(30)14-33-24)21-12-29(13-21)16-31-17-29/h2-8,10,14,18,23,31H,9,11-13,15-17H2,1H3,(H,34,36)/t18-,23?/m1/s1. The van der Waals surface area contributed by atoms with Crippen LogP contribution in [-0.4, -0.2) is 53.3 Å². The summed E-state index contributed by atoms with van der Waals surface area (Å²) in [4.78, 5) is 25.7. The Morgan fingerprint density at radius 3 is 2.61 bits per heavy atom. The maximum absolute atomic E-state index is 13.6. The number of hydrogen-bond acceptors (Lipinski definition) is 7. The first-order valence-corrected chi connectivity index (χ1v) is 13.0. The van der Waals surface area contributed by atoms with Gasteiger partial charge in [-0.2, -0.15) is 4.98 Å². The molecule has 9 heteroatoms. The Morgan fingerprint density at radius 1 is 1.13 bits per heavy atom. The number of benzene rings is 1.